The molecule has 26 heavy (non-hydrogen) atoms. The van der Waals surface area contributed by atoms with Gasteiger partial charge in [0.05, 0.1) is 10.9 Å². The lowest BCUT2D eigenvalue weighted by Crippen LogP contribution is -2.27. The summed E-state index contributed by atoms with van der Waals surface area (Å²) in [4.78, 5) is 4.33. The van der Waals surface area contributed by atoms with Gasteiger partial charge in [0.2, 0.25) is 21.7 Å². The first-order chi connectivity index (χ1) is 12.3. The van der Waals surface area contributed by atoms with E-state index in [1.165, 1.54) is 30.3 Å². The molecule has 1 atom stereocenters. The molecule has 9 heteroatoms. The Balaban J connectivity index is 1.80. The maximum Gasteiger partial charge on any atom is 0.244 e. The molecule has 1 unspecified atom stereocenters. The minimum Gasteiger partial charge on any atom is -0.337 e. The van der Waals surface area contributed by atoms with Crippen LogP contribution in [0.15, 0.2) is 56.4 Å². The minimum atomic E-state index is -3.76. The lowest BCUT2D eigenvalue weighted by Gasteiger charge is -2.11. The Kier molecular flexibility index (Phi) is 5.22. The lowest BCUT2D eigenvalue weighted by molar-refractivity contribution is 0.354. The Bertz CT molecular complexity index is 1040. The van der Waals surface area contributed by atoms with Gasteiger partial charge in [-0.15, -0.1) is 0 Å². The van der Waals surface area contributed by atoms with E-state index in [1.807, 2.05) is 0 Å². The van der Waals surface area contributed by atoms with Gasteiger partial charge in [-0.1, -0.05) is 21.1 Å². The van der Waals surface area contributed by atoms with Gasteiger partial charge in [0.25, 0.3) is 0 Å². The van der Waals surface area contributed by atoms with Crippen LogP contribution in [0.3, 0.4) is 0 Å². The van der Waals surface area contributed by atoms with Crippen molar-refractivity contribution in [3.63, 3.8) is 0 Å². The summed E-state index contributed by atoms with van der Waals surface area (Å²) in [6.07, 6.45) is 0. The second-order valence-corrected chi connectivity index (χ2v) is 8.29. The first kappa shape index (κ1) is 18.7. The van der Waals surface area contributed by atoms with Gasteiger partial charge >= 0.3 is 0 Å². The zero-order valence-electron chi connectivity index (χ0n) is 13.9. The fourth-order valence-electron chi connectivity index (χ4n) is 2.26. The Hall–Kier alpha value is -2.10. The summed E-state index contributed by atoms with van der Waals surface area (Å²) in [5.41, 5.74) is 1.37. The molecule has 1 aromatic heterocycles. The number of rotatable bonds is 5. The molecule has 0 aliphatic rings. The highest BCUT2D eigenvalue weighted by molar-refractivity contribution is 9.10. The van der Waals surface area contributed by atoms with Gasteiger partial charge in [-0.3, -0.25) is 0 Å². The molecule has 0 saturated carbocycles. The molecule has 3 aromatic rings. The zero-order chi connectivity index (χ0) is 18.9. The maximum atomic E-state index is 13.0. The highest BCUT2D eigenvalue weighted by atomic mass is 79.9. The van der Waals surface area contributed by atoms with E-state index in [4.69, 9.17) is 4.52 Å². The maximum absolute atomic E-state index is 13.0. The molecule has 2 aromatic carbocycles. The van der Waals surface area contributed by atoms with E-state index in [0.29, 0.717) is 5.56 Å². The number of hydrogen-bond acceptors (Lipinski definition) is 5. The van der Waals surface area contributed by atoms with Crippen LogP contribution >= 0.6 is 15.9 Å². The third-order valence-corrected chi connectivity index (χ3v) is 6.11. The van der Waals surface area contributed by atoms with E-state index < -0.39 is 16.1 Å². The average molecular weight is 440 g/mol. The summed E-state index contributed by atoms with van der Waals surface area (Å²) in [6.45, 7) is 3.41. The van der Waals surface area contributed by atoms with Crippen molar-refractivity contribution >= 4 is 26.0 Å². The molecule has 0 aliphatic heterocycles. The average Bonchev–Trinajstić information content (AvgIpc) is 3.07. The van der Waals surface area contributed by atoms with Gasteiger partial charge in [0.1, 0.15) is 5.82 Å². The van der Waals surface area contributed by atoms with Crippen LogP contribution in [0, 0.1) is 12.7 Å². The van der Waals surface area contributed by atoms with Gasteiger partial charge < -0.3 is 4.52 Å². The fourth-order valence-corrected chi connectivity index (χ4v) is 3.79. The van der Waals surface area contributed by atoms with Crippen LogP contribution in [0.25, 0.3) is 11.4 Å². The van der Waals surface area contributed by atoms with Crippen LogP contribution in [0.2, 0.25) is 0 Å². The number of nitrogens with zero attached hydrogens (tertiary/aromatic N) is 2. The Morgan fingerprint density at radius 3 is 2.54 bits per heavy atom. The van der Waals surface area contributed by atoms with Gasteiger partial charge in [0, 0.05) is 10.0 Å². The first-order valence-corrected chi connectivity index (χ1v) is 9.92. The van der Waals surface area contributed by atoms with E-state index in [-0.39, 0.29) is 22.4 Å². The SMILES string of the molecule is Cc1cc(S(=O)(=O)NC(C)c2nc(-c3ccc(F)cc3)no2)ccc1Br. The Morgan fingerprint density at radius 1 is 1.19 bits per heavy atom. The summed E-state index contributed by atoms with van der Waals surface area (Å²) in [5, 5.41) is 3.82. The van der Waals surface area contributed by atoms with Crippen LogP contribution in [0.4, 0.5) is 4.39 Å². The van der Waals surface area contributed by atoms with Crippen molar-refractivity contribution in [1.82, 2.24) is 14.9 Å². The normalized spacial score (nSPS) is 12.9. The number of aromatic nitrogens is 2. The highest BCUT2D eigenvalue weighted by Crippen LogP contribution is 2.23. The summed E-state index contributed by atoms with van der Waals surface area (Å²) in [5.74, 6) is -0.00402. The number of nitrogens with one attached hydrogen (secondary N) is 1. The van der Waals surface area contributed by atoms with Crippen molar-refractivity contribution in [1.29, 1.82) is 0 Å². The molecular weight excluding hydrogens is 425 g/mol. The van der Waals surface area contributed by atoms with Gasteiger partial charge in [0.15, 0.2) is 0 Å². The molecule has 0 amide bonds. The number of benzene rings is 2. The summed E-state index contributed by atoms with van der Waals surface area (Å²) >= 11 is 3.34. The van der Waals surface area contributed by atoms with Crippen LogP contribution in [0.1, 0.15) is 24.4 Å². The monoisotopic (exact) mass is 439 g/mol. The molecule has 0 bridgehead atoms. The van der Waals surface area contributed by atoms with Crippen LogP contribution < -0.4 is 4.72 Å². The second-order valence-electron chi connectivity index (χ2n) is 5.72. The minimum absolute atomic E-state index is 0.113. The number of sulfonamides is 1. The Morgan fingerprint density at radius 2 is 1.88 bits per heavy atom. The quantitative estimate of drug-likeness (QED) is 0.649. The number of hydrogen-bond donors (Lipinski definition) is 1. The van der Waals surface area contributed by atoms with E-state index in [9.17, 15) is 12.8 Å². The fraction of sp³-hybridized carbons (Fsp3) is 0.176. The third kappa shape index (κ3) is 4.00. The molecule has 0 aliphatic carbocycles. The predicted octanol–water partition coefficient (Wildman–Crippen LogP) is 3.99. The highest BCUT2D eigenvalue weighted by Gasteiger charge is 2.23. The van der Waals surface area contributed by atoms with Crippen molar-refractivity contribution in [2.75, 3.05) is 0 Å². The molecule has 0 spiro atoms. The van der Waals surface area contributed by atoms with E-state index in [2.05, 4.69) is 30.8 Å². The molecule has 3 rings (SSSR count). The van der Waals surface area contributed by atoms with Crippen LogP contribution in [-0.2, 0) is 10.0 Å². The smallest absolute Gasteiger partial charge is 0.244 e. The molecule has 136 valence electrons. The van der Waals surface area contributed by atoms with E-state index in [0.717, 1.165) is 10.0 Å². The summed E-state index contributed by atoms with van der Waals surface area (Å²) in [6, 6.07) is 9.62. The van der Waals surface area contributed by atoms with Crippen LogP contribution in [-0.4, -0.2) is 18.6 Å². The van der Waals surface area contributed by atoms with Crippen molar-refractivity contribution in [2.45, 2.75) is 24.8 Å². The topological polar surface area (TPSA) is 85.1 Å². The molecule has 0 radical (unpaired) electrons. The second kappa shape index (κ2) is 7.26. The van der Waals surface area contributed by atoms with Crippen molar-refractivity contribution in [3.8, 4) is 11.4 Å². The van der Waals surface area contributed by atoms with Crippen molar-refractivity contribution in [3.05, 3.63) is 64.2 Å². The summed E-state index contributed by atoms with van der Waals surface area (Å²) in [7, 11) is -3.76. The van der Waals surface area contributed by atoms with Gasteiger partial charge in [-0.25, -0.2) is 12.8 Å². The molecule has 1 heterocycles. The van der Waals surface area contributed by atoms with Crippen molar-refractivity contribution in [2.24, 2.45) is 0 Å². The van der Waals surface area contributed by atoms with Gasteiger partial charge in [-0.2, -0.15) is 9.71 Å². The third-order valence-electron chi connectivity index (χ3n) is 3.69. The standard InChI is InChI=1S/C17H15BrFN3O3S/c1-10-9-14(7-8-15(10)18)26(23,24)22-11(2)17-20-16(21-25-17)12-3-5-13(19)6-4-12/h3-9,11,22H,1-2H3. The van der Waals surface area contributed by atoms with E-state index in [1.54, 1.807) is 26.0 Å². The lowest BCUT2D eigenvalue weighted by atomic mass is 10.2. The molecule has 6 nitrogen and oxygen atoms in total. The first-order valence-electron chi connectivity index (χ1n) is 7.64. The van der Waals surface area contributed by atoms with Gasteiger partial charge in [-0.05, 0) is 61.9 Å². The number of halogens is 2. The van der Waals surface area contributed by atoms with E-state index >= 15 is 0 Å². The molecule has 0 saturated heterocycles. The number of aryl methyl sites for hydroxylation is 1. The zero-order valence-corrected chi connectivity index (χ0v) is 16.3. The largest absolute Gasteiger partial charge is 0.337 e. The van der Waals surface area contributed by atoms with Crippen LogP contribution in [0.5, 0.6) is 0 Å². The molecular formula is C17H15BrFN3O3S. The Labute approximate surface area is 158 Å². The summed E-state index contributed by atoms with van der Waals surface area (Å²) < 4.78 is 46.5. The molecule has 1 N–H and O–H groups in total. The predicted molar refractivity (Wildman–Crippen MR) is 97.3 cm³/mol. The van der Waals surface area contributed by atoms with Crippen molar-refractivity contribution < 1.29 is 17.3 Å². The molecule has 0 fully saturated rings.